The number of allylic oxidation sites excluding steroid dienone is 1. The third kappa shape index (κ3) is 9.13. The molecule has 4 aliphatic heterocycles. The maximum atomic E-state index is 14.4. The normalized spacial score (nSPS) is 30.0. The number of amides is 4. The lowest BCUT2D eigenvalue weighted by atomic mass is 9.91. The van der Waals surface area contributed by atoms with Crippen LogP contribution >= 0.6 is 0 Å². The molecule has 2 saturated heterocycles. The van der Waals surface area contributed by atoms with Gasteiger partial charge in [-0.15, -0.1) is 0 Å². The minimum absolute atomic E-state index is 0.0168. The maximum absolute atomic E-state index is 14.4. The van der Waals surface area contributed by atoms with Crippen molar-refractivity contribution in [2.24, 2.45) is 5.92 Å². The van der Waals surface area contributed by atoms with E-state index in [2.05, 4.69) is 15.5 Å². The Morgan fingerprint density at radius 1 is 1.04 bits per heavy atom. The van der Waals surface area contributed by atoms with Crippen LogP contribution in [-0.4, -0.2) is 119 Å². The zero-order valence-corrected chi connectivity index (χ0v) is 32.1. The van der Waals surface area contributed by atoms with Gasteiger partial charge in [0.05, 0.1) is 19.7 Å². The zero-order chi connectivity index (χ0) is 38.6. The summed E-state index contributed by atoms with van der Waals surface area (Å²) >= 11 is 0. The van der Waals surface area contributed by atoms with Gasteiger partial charge in [0.25, 0.3) is 0 Å². The minimum atomic E-state index is -1.48. The molecule has 14 heteroatoms. The van der Waals surface area contributed by atoms with Crippen LogP contribution in [0.3, 0.4) is 0 Å². The van der Waals surface area contributed by atoms with Gasteiger partial charge in [-0.25, -0.2) is 14.4 Å². The topological polar surface area (TPSA) is 167 Å². The molecule has 4 heterocycles. The van der Waals surface area contributed by atoms with Gasteiger partial charge < -0.3 is 39.8 Å². The van der Waals surface area contributed by atoms with Crippen LogP contribution in [0.25, 0.3) is 0 Å². The Kier molecular flexibility index (Phi) is 12.1. The molecule has 4 amide bonds. The number of likely N-dealkylation sites (tertiary alicyclic amines) is 1. The van der Waals surface area contributed by atoms with Crippen LogP contribution in [0.4, 0.5) is 9.59 Å². The van der Waals surface area contributed by atoms with E-state index in [1.54, 1.807) is 32.8 Å². The number of hydrogen-bond donors (Lipinski definition) is 3. The maximum Gasteiger partial charge on any atom is 0.410 e. The lowest BCUT2D eigenvalue weighted by Gasteiger charge is -2.40. The van der Waals surface area contributed by atoms with Crippen LogP contribution in [0.1, 0.15) is 102 Å². The molecule has 0 radical (unpaired) electrons. The van der Waals surface area contributed by atoms with Crippen LogP contribution in [0.5, 0.6) is 5.75 Å². The summed E-state index contributed by atoms with van der Waals surface area (Å²) in [5, 5.41) is 15.7. The number of alkyl carbamates (subject to hydrolysis) is 1. The van der Waals surface area contributed by atoms with Crippen molar-refractivity contribution in [2.45, 2.75) is 127 Å². The molecule has 14 nitrogen and oxygen atoms in total. The molecular weight excluding hydrogens is 694 g/mol. The number of carboxylic acids is 1. The first-order chi connectivity index (χ1) is 25.8. The fraction of sp³-hybridized carbons (Fsp3) is 0.675. The van der Waals surface area contributed by atoms with E-state index in [1.807, 2.05) is 30.4 Å². The van der Waals surface area contributed by atoms with Crippen molar-refractivity contribution in [3.05, 3.63) is 41.5 Å². The van der Waals surface area contributed by atoms with Gasteiger partial charge in [-0.05, 0) is 102 Å². The smallest absolute Gasteiger partial charge is 0.410 e. The standard InChI is InChI=1S/C40H57N5O9/c1-39(2,3)54-37(50)41-31-14-10-7-5-6-9-13-27-23-40(27,36(48)49)42-34(46)32-22-29(24-45(32)35(31)47)53-38(51)44-20-17-26-21-28(52-4)15-16-30(26)33(44)25-43-18-11-8-12-19-43/h9,13,15-16,21,27,29,31-33H,5-8,10-12,14,17-20,22-25H2,1-4H3,(H,41,50)(H,42,46)(H,48,49)/b13-9+/t27-,29-,31+,32+,33?,40-/m1/s1. The second-order valence-corrected chi connectivity index (χ2v) is 16.5. The third-order valence-electron chi connectivity index (χ3n) is 11.4. The minimum Gasteiger partial charge on any atom is -0.497 e. The first-order valence-corrected chi connectivity index (χ1v) is 19.7. The van der Waals surface area contributed by atoms with Gasteiger partial charge in [-0.2, -0.15) is 0 Å². The van der Waals surface area contributed by atoms with Crippen molar-refractivity contribution >= 4 is 30.0 Å². The Hall–Kier alpha value is -4.33. The highest BCUT2D eigenvalue weighted by molar-refractivity contribution is 5.96. The molecule has 3 fully saturated rings. The molecular formula is C40H57N5O9. The van der Waals surface area contributed by atoms with Crippen molar-refractivity contribution < 1.29 is 43.3 Å². The molecule has 54 heavy (non-hydrogen) atoms. The lowest BCUT2D eigenvalue weighted by Crippen LogP contribution is -2.56. The van der Waals surface area contributed by atoms with E-state index in [1.165, 1.54) is 11.3 Å². The van der Waals surface area contributed by atoms with E-state index < -0.39 is 59.3 Å². The quantitative estimate of drug-likeness (QED) is 0.351. The Morgan fingerprint density at radius 2 is 1.80 bits per heavy atom. The number of nitrogens with one attached hydrogen (secondary N) is 2. The second-order valence-electron chi connectivity index (χ2n) is 16.5. The van der Waals surface area contributed by atoms with E-state index in [-0.39, 0.29) is 31.3 Å². The molecule has 1 aromatic carbocycles. The van der Waals surface area contributed by atoms with Crippen LogP contribution in [-0.2, 0) is 30.3 Å². The van der Waals surface area contributed by atoms with Gasteiger partial charge in [-0.3, -0.25) is 14.5 Å². The Balaban J connectivity index is 1.25. The highest BCUT2D eigenvalue weighted by Gasteiger charge is 2.61. The van der Waals surface area contributed by atoms with Gasteiger partial charge in [0.2, 0.25) is 11.8 Å². The van der Waals surface area contributed by atoms with Gasteiger partial charge in [-0.1, -0.05) is 37.5 Å². The van der Waals surface area contributed by atoms with Crippen LogP contribution in [0.2, 0.25) is 0 Å². The fourth-order valence-electron chi connectivity index (χ4n) is 8.42. The molecule has 1 aliphatic carbocycles. The average molecular weight is 752 g/mol. The monoisotopic (exact) mass is 751 g/mol. The average Bonchev–Trinajstić information content (AvgIpc) is 3.67. The van der Waals surface area contributed by atoms with Crippen molar-refractivity contribution in [1.82, 2.24) is 25.3 Å². The molecule has 1 aromatic rings. The summed E-state index contributed by atoms with van der Waals surface area (Å²) in [7, 11) is 1.64. The van der Waals surface area contributed by atoms with E-state index in [0.29, 0.717) is 32.4 Å². The number of carboxylic acid groups (broad SMARTS) is 1. The molecule has 1 saturated carbocycles. The summed E-state index contributed by atoms with van der Waals surface area (Å²) in [5.74, 6) is -1.89. The molecule has 3 N–H and O–H groups in total. The molecule has 0 aromatic heterocycles. The van der Waals surface area contributed by atoms with Gasteiger partial charge in [0, 0.05) is 25.4 Å². The van der Waals surface area contributed by atoms with Gasteiger partial charge in [0.15, 0.2) is 0 Å². The molecule has 1 unspecified atom stereocenters. The van der Waals surface area contributed by atoms with E-state index in [4.69, 9.17) is 14.2 Å². The number of benzene rings is 1. The third-order valence-corrected chi connectivity index (χ3v) is 11.4. The number of aliphatic carboxylic acids is 1. The van der Waals surface area contributed by atoms with Crippen molar-refractivity contribution in [3.8, 4) is 5.75 Å². The Labute approximate surface area is 317 Å². The van der Waals surface area contributed by atoms with Crippen molar-refractivity contribution in [1.29, 1.82) is 0 Å². The molecule has 6 rings (SSSR count). The van der Waals surface area contributed by atoms with Crippen molar-refractivity contribution in [3.63, 3.8) is 0 Å². The summed E-state index contributed by atoms with van der Waals surface area (Å²) in [4.78, 5) is 73.6. The zero-order valence-electron chi connectivity index (χ0n) is 32.1. The second kappa shape index (κ2) is 16.6. The number of nitrogens with zero attached hydrogens (tertiary/aromatic N) is 3. The first-order valence-electron chi connectivity index (χ1n) is 19.7. The van der Waals surface area contributed by atoms with E-state index in [0.717, 1.165) is 62.1 Å². The number of fused-ring (bicyclic) bond motifs is 3. The van der Waals surface area contributed by atoms with Gasteiger partial charge in [0.1, 0.15) is 35.1 Å². The SMILES string of the molecule is COc1ccc2c(c1)CCN(C(=O)O[C@@H]1C[C@H]3C(=O)N[C@]4(C(=O)O)C[C@H]4/C=C/CCCCC[C@H](NC(=O)OC(C)(C)C)C(=O)N3C1)C2CN1CCCCC1. The van der Waals surface area contributed by atoms with E-state index in [9.17, 15) is 29.1 Å². The number of ether oxygens (including phenoxy) is 3. The lowest BCUT2D eigenvalue weighted by molar-refractivity contribution is -0.145. The number of piperidine rings is 1. The van der Waals surface area contributed by atoms with E-state index >= 15 is 0 Å². The summed E-state index contributed by atoms with van der Waals surface area (Å²) in [6.07, 6.45) is 9.19. The molecule has 0 bridgehead atoms. The number of carbonyl (C=O) groups excluding carboxylic acids is 4. The van der Waals surface area contributed by atoms with Gasteiger partial charge >= 0.3 is 18.2 Å². The van der Waals surface area contributed by atoms with Crippen LogP contribution < -0.4 is 15.4 Å². The number of hydrogen-bond acceptors (Lipinski definition) is 9. The molecule has 6 atom stereocenters. The first kappa shape index (κ1) is 39.4. The predicted molar refractivity (Wildman–Crippen MR) is 199 cm³/mol. The summed E-state index contributed by atoms with van der Waals surface area (Å²) in [6, 6.07) is 3.57. The summed E-state index contributed by atoms with van der Waals surface area (Å²) in [6.45, 7) is 8.09. The predicted octanol–water partition coefficient (Wildman–Crippen LogP) is 4.56. The highest BCUT2D eigenvalue weighted by atomic mass is 16.6. The molecule has 5 aliphatic rings. The molecule has 296 valence electrons. The fourth-order valence-corrected chi connectivity index (χ4v) is 8.42. The number of carbonyl (C=O) groups is 5. The Bertz CT molecular complexity index is 1600. The van der Waals surface area contributed by atoms with Crippen LogP contribution in [0, 0.1) is 5.92 Å². The summed E-state index contributed by atoms with van der Waals surface area (Å²) in [5.41, 5.74) is -0.107. The Morgan fingerprint density at radius 3 is 2.52 bits per heavy atom. The van der Waals surface area contributed by atoms with Crippen LogP contribution in [0.15, 0.2) is 30.4 Å². The summed E-state index contributed by atoms with van der Waals surface area (Å²) < 4.78 is 17.2. The number of methoxy groups -OCH3 is 1. The molecule has 0 spiro atoms. The largest absolute Gasteiger partial charge is 0.497 e. The highest BCUT2D eigenvalue weighted by Crippen LogP contribution is 2.45. The van der Waals surface area contributed by atoms with Crippen molar-refractivity contribution in [2.75, 3.05) is 39.8 Å². The number of rotatable bonds is 6.